The number of hydrogen-bond acceptors (Lipinski definition) is 15. The fourth-order valence-electron chi connectivity index (χ4n) is 10.3. The first-order valence-corrected chi connectivity index (χ1v) is 40.2. The van der Waals surface area contributed by atoms with Gasteiger partial charge in [-0.2, -0.15) is 0 Å². The Balaban J connectivity index is 5.31. The van der Waals surface area contributed by atoms with Crippen LogP contribution in [0.25, 0.3) is 0 Å². The van der Waals surface area contributed by atoms with Crippen LogP contribution in [0.5, 0.6) is 0 Å². The Kier molecular flexibility index (Phi) is 64.9. The Morgan fingerprint density at radius 3 is 0.761 bits per heavy atom. The lowest BCUT2D eigenvalue weighted by Crippen LogP contribution is -2.30. The van der Waals surface area contributed by atoms with Crippen molar-refractivity contribution in [2.75, 3.05) is 39.6 Å². The summed E-state index contributed by atoms with van der Waals surface area (Å²) in [6, 6.07) is 0. The van der Waals surface area contributed by atoms with Gasteiger partial charge in [0.1, 0.15) is 19.3 Å². The van der Waals surface area contributed by atoms with Crippen molar-refractivity contribution in [3.63, 3.8) is 0 Å². The van der Waals surface area contributed by atoms with Crippen molar-refractivity contribution in [1.82, 2.24) is 0 Å². The Morgan fingerprint density at radius 2 is 0.500 bits per heavy atom. The zero-order chi connectivity index (χ0) is 67.5. The highest BCUT2D eigenvalue weighted by atomic mass is 31.2. The summed E-state index contributed by atoms with van der Waals surface area (Å²) in [6.07, 6.45) is 59.9. The number of hydrogen-bond donors (Lipinski definition) is 3. The number of aliphatic hydroxyl groups is 1. The third kappa shape index (κ3) is 65.9. The van der Waals surface area contributed by atoms with Crippen molar-refractivity contribution < 1.29 is 80.2 Å². The standard InChI is InChI=1S/C73H136O17P2/c1-5-9-13-17-21-25-29-33-37-41-45-49-53-57-70(75)83-63-68(89-72(77)59-55-51-47-43-39-35-31-27-23-19-15-11-7-3)65-87-91(79,80)85-61-67(74)62-86-92(81,82)88-66-69(90-73(78)60-56-52-48-44-40-36-32-28-24-20-16-12-8-4)64-84-71(76)58-54-50-46-42-38-34-30-26-22-18-14-10-6-2/h25-27,29-31,67-69,74H,5-24,28,32-66H2,1-4H3,(H,79,80)(H,81,82)/b29-25-,30-26-,31-27-. The molecule has 0 saturated carbocycles. The molecule has 19 heteroatoms. The highest BCUT2D eigenvalue weighted by Gasteiger charge is 2.30. The smallest absolute Gasteiger partial charge is 0.462 e. The van der Waals surface area contributed by atoms with Gasteiger partial charge in [0.05, 0.1) is 26.4 Å². The summed E-state index contributed by atoms with van der Waals surface area (Å²) < 4.78 is 68.3. The first-order chi connectivity index (χ1) is 44.7. The Bertz CT molecular complexity index is 1900. The average Bonchev–Trinajstić information content (AvgIpc) is 3.63. The van der Waals surface area contributed by atoms with Crippen LogP contribution in [0.4, 0.5) is 0 Å². The van der Waals surface area contributed by atoms with Crippen molar-refractivity contribution in [3.8, 4) is 0 Å². The minimum atomic E-state index is -4.96. The molecule has 0 aromatic heterocycles. The van der Waals surface area contributed by atoms with E-state index in [2.05, 4.69) is 64.2 Å². The SMILES string of the molecule is CCCCCC/C=C\CCCCCCCC(=O)OCC(COP(=O)(O)OCC(O)COP(=O)(O)OCC(COC(=O)CCCCCCC/C=C\CCCCCC)OC(=O)CCCCCCCCCCCCCCC)OC(=O)CCCCCCC/C=C\CCCCCC. The molecule has 17 nitrogen and oxygen atoms in total. The van der Waals surface area contributed by atoms with Crippen LogP contribution < -0.4 is 0 Å². The van der Waals surface area contributed by atoms with E-state index in [-0.39, 0.29) is 25.7 Å². The lowest BCUT2D eigenvalue weighted by Gasteiger charge is -2.21. The molecular weight excluding hydrogens is 1210 g/mol. The van der Waals surface area contributed by atoms with Crippen molar-refractivity contribution in [2.45, 2.75) is 367 Å². The molecule has 0 heterocycles. The average molecular weight is 1350 g/mol. The van der Waals surface area contributed by atoms with Crippen molar-refractivity contribution in [3.05, 3.63) is 36.5 Å². The largest absolute Gasteiger partial charge is 0.472 e. The second-order valence-electron chi connectivity index (χ2n) is 25.2. The summed E-state index contributed by atoms with van der Waals surface area (Å²) >= 11 is 0. The second-order valence-corrected chi connectivity index (χ2v) is 28.1. The van der Waals surface area contributed by atoms with Crippen LogP contribution in [0.3, 0.4) is 0 Å². The van der Waals surface area contributed by atoms with Crippen molar-refractivity contribution >= 4 is 39.5 Å². The molecule has 5 atom stereocenters. The van der Waals surface area contributed by atoms with Gasteiger partial charge in [-0.05, 0) is 103 Å². The molecule has 0 radical (unpaired) electrons. The van der Waals surface area contributed by atoms with Gasteiger partial charge >= 0.3 is 39.5 Å². The third-order valence-corrected chi connectivity index (χ3v) is 18.0. The maximum atomic E-state index is 13.0. The van der Waals surface area contributed by atoms with Gasteiger partial charge < -0.3 is 33.8 Å². The lowest BCUT2D eigenvalue weighted by molar-refractivity contribution is -0.161. The van der Waals surface area contributed by atoms with E-state index in [0.717, 1.165) is 141 Å². The number of carbonyl (C=O) groups is 4. The predicted octanol–water partition coefficient (Wildman–Crippen LogP) is 20.8. The van der Waals surface area contributed by atoms with Crippen LogP contribution in [0.1, 0.15) is 349 Å². The number of unbranched alkanes of at least 4 members (excludes halogenated alkanes) is 39. The minimum absolute atomic E-state index is 0.0891. The van der Waals surface area contributed by atoms with Crippen LogP contribution in [0.15, 0.2) is 36.5 Å². The van der Waals surface area contributed by atoms with Gasteiger partial charge in [0, 0.05) is 25.7 Å². The van der Waals surface area contributed by atoms with E-state index >= 15 is 0 Å². The number of allylic oxidation sites excluding steroid dienone is 6. The molecule has 0 aliphatic carbocycles. The zero-order valence-corrected chi connectivity index (χ0v) is 60.5. The van der Waals surface area contributed by atoms with E-state index < -0.39 is 97.5 Å². The summed E-state index contributed by atoms with van der Waals surface area (Å²) in [4.78, 5) is 72.6. The highest BCUT2D eigenvalue weighted by Crippen LogP contribution is 2.45. The second kappa shape index (κ2) is 66.9. The van der Waals surface area contributed by atoms with E-state index in [1.54, 1.807) is 0 Å². The molecule has 5 unspecified atom stereocenters. The van der Waals surface area contributed by atoms with Gasteiger partial charge in [-0.15, -0.1) is 0 Å². The molecule has 0 aliphatic rings. The van der Waals surface area contributed by atoms with Gasteiger partial charge in [0.15, 0.2) is 12.2 Å². The third-order valence-electron chi connectivity index (χ3n) is 16.1. The van der Waals surface area contributed by atoms with Gasteiger partial charge in [-0.3, -0.25) is 37.3 Å². The first-order valence-electron chi connectivity index (χ1n) is 37.2. The quantitative estimate of drug-likeness (QED) is 0.0169. The van der Waals surface area contributed by atoms with Gasteiger partial charge in [0.2, 0.25) is 0 Å². The van der Waals surface area contributed by atoms with E-state index in [1.807, 2.05) is 0 Å². The Morgan fingerprint density at radius 1 is 0.293 bits per heavy atom. The molecule has 0 rings (SSSR count). The number of carbonyl (C=O) groups excluding carboxylic acids is 4. The molecule has 0 bridgehead atoms. The minimum Gasteiger partial charge on any atom is -0.462 e. The molecule has 0 spiro atoms. The number of rotatable bonds is 71. The normalized spacial score (nSPS) is 14.2. The molecule has 0 saturated heterocycles. The summed E-state index contributed by atoms with van der Waals surface area (Å²) in [7, 11) is -9.92. The molecule has 0 amide bonds. The number of aliphatic hydroxyl groups excluding tert-OH is 1. The molecular formula is C73H136O17P2. The molecule has 92 heavy (non-hydrogen) atoms. The van der Waals surface area contributed by atoms with Crippen LogP contribution in [0.2, 0.25) is 0 Å². The number of phosphoric acid groups is 2. The predicted molar refractivity (Wildman–Crippen MR) is 372 cm³/mol. The molecule has 540 valence electrons. The fourth-order valence-corrected chi connectivity index (χ4v) is 11.9. The van der Waals surface area contributed by atoms with Gasteiger partial charge in [-0.1, -0.05) is 257 Å². The van der Waals surface area contributed by atoms with Crippen molar-refractivity contribution in [1.29, 1.82) is 0 Å². The number of ether oxygens (including phenoxy) is 4. The lowest BCUT2D eigenvalue weighted by atomic mass is 10.0. The zero-order valence-electron chi connectivity index (χ0n) is 58.7. The van der Waals surface area contributed by atoms with E-state index in [4.69, 9.17) is 37.0 Å². The maximum absolute atomic E-state index is 13.0. The summed E-state index contributed by atoms with van der Waals surface area (Å²) in [5.74, 6) is -2.17. The van der Waals surface area contributed by atoms with Crippen molar-refractivity contribution in [2.24, 2.45) is 0 Å². The summed E-state index contributed by atoms with van der Waals surface area (Å²) in [5, 5.41) is 10.6. The van der Waals surface area contributed by atoms with E-state index in [1.165, 1.54) is 128 Å². The molecule has 3 N–H and O–H groups in total. The first kappa shape index (κ1) is 89.3. The fraction of sp³-hybridized carbons (Fsp3) is 0.863. The van der Waals surface area contributed by atoms with E-state index in [9.17, 15) is 43.2 Å². The monoisotopic (exact) mass is 1350 g/mol. The topological polar surface area (TPSA) is 237 Å². The molecule has 0 fully saturated rings. The van der Waals surface area contributed by atoms with Crippen LogP contribution >= 0.6 is 15.6 Å². The van der Waals surface area contributed by atoms with E-state index in [0.29, 0.717) is 25.7 Å². The highest BCUT2D eigenvalue weighted by molar-refractivity contribution is 7.47. The van der Waals surface area contributed by atoms with Crippen LogP contribution in [-0.2, 0) is 65.4 Å². The van der Waals surface area contributed by atoms with Gasteiger partial charge in [0.25, 0.3) is 0 Å². The van der Waals surface area contributed by atoms with Gasteiger partial charge in [-0.25, -0.2) is 9.13 Å². The Labute approximate surface area is 560 Å². The van der Waals surface area contributed by atoms with Crippen LogP contribution in [-0.4, -0.2) is 96.7 Å². The molecule has 0 aliphatic heterocycles. The van der Waals surface area contributed by atoms with Crippen LogP contribution in [0, 0.1) is 0 Å². The number of esters is 4. The molecule has 0 aromatic carbocycles. The number of phosphoric ester groups is 2. The summed E-state index contributed by atoms with van der Waals surface area (Å²) in [5.41, 5.74) is 0. The molecule has 0 aromatic rings. The Hall–Kier alpha value is -2.72. The summed E-state index contributed by atoms with van der Waals surface area (Å²) in [6.45, 7) is 4.85. The maximum Gasteiger partial charge on any atom is 0.472 e.